The average Bonchev–Trinajstić information content (AvgIpc) is 1.36. The summed E-state index contributed by atoms with van der Waals surface area (Å²) in [5.41, 5.74) is 0. The molecule has 0 heterocycles. The van der Waals surface area contributed by atoms with Crippen LogP contribution in [0.3, 0.4) is 0 Å². The van der Waals surface area contributed by atoms with E-state index in [9.17, 15) is 0 Å². The van der Waals surface area contributed by atoms with Crippen LogP contribution in [0.15, 0.2) is 0 Å². The summed E-state index contributed by atoms with van der Waals surface area (Å²) < 4.78 is 0. The van der Waals surface area contributed by atoms with E-state index in [4.69, 9.17) is 10.0 Å². The second-order valence-corrected chi connectivity index (χ2v) is 1.66. The Labute approximate surface area is 132 Å². The first-order chi connectivity index (χ1) is 2.64. The summed E-state index contributed by atoms with van der Waals surface area (Å²) in [6.45, 7) is 3.48. The Morgan fingerprint density at radius 3 is 1.11 bits per heavy atom. The van der Waals surface area contributed by atoms with Gasteiger partial charge in [-0.15, -0.1) is 0 Å². The monoisotopic (exact) mass is 355 g/mol. The topological polar surface area (TPSA) is 40.5 Å². The molecule has 0 unspecified atom stereocenters. The van der Waals surface area contributed by atoms with E-state index < -0.39 is 7.12 Å². The molecule has 0 aromatic heterocycles. The van der Waals surface area contributed by atoms with Gasteiger partial charge in [-0.2, -0.15) is 0 Å². The summed E-state index contributed by atoms with van der Waals surface area (Å²) in [4.78, 5) is 0. The Morgan fingerprint density at radius 1 is 1.00 bits per heavy atom. The Bertz CT molecular complexity index is 38.0. The van der Waals surface area contributed by atoms with E-state index in [2.05, 4.69) is 0 Å². The van der Waals surface area contributed by atoms with Crippen LogP contribution in [0, 0.1) is 0 Å². The number of rotatable bonds is 1. The molecular weight excluding hydrogens is 346 g/mol. The van der Waals surface area contributed by atoms with Crippen molar-refractivity contribution in [2.75, 3.05) is 0 Å². The van der Waals surface area contributed by atoms with E-state index in [1.54, 1.807) is 13.8 Å². The molecule has 0 rings (SSSR count). The first kappa shape index (κ1) is 22.8. The van der Waals surface area contributed by atoms with Crippen LogP contribution >= 0.6 is 0 Å². The first-order valence-corrected chi connectivity index (χ1v) is 2.00. The zero-order chi connectivity index (χ0) is 5.15. The third-order valence-corrected chi connectivity index (χ3v) is 0.596. The molecule has 0 fully saturated rings. The fourth-order valence-electron chi connectivity index (χ4n) is 0. The van der Waals surface area contributed by atoms with Gasteiger partial charge in [-0.3, -0.25) is 0 Å². The summed E-state index contributed by atoms with van der Waals surface area (Å²) in [7, 11) is -1.15. The van der Waals surface area contributed by atoms with Gasteiger partial charge in [0.15, 0.2) is 0 Å². The minimum atomic E-state index is -1.15. The van der Waals surface area contributed by atoms with Crippen molar-refractivity contribution in [1.29, 1.82) is 0 Å². The third kappa shape index (κ3) is 18.3. The van der Waals surface area contributed by atoms with Gasteiger partial charge in [0.05, 0.1) is 0 Å². The van der Waals surface area contributed by atoms with E-state index in [1.165, 1.54) is 0 Å². The Kier molecular flexibility index (Phi) is 35.1. The molecule has 0 aromatic rings. The molecule has 0 aliphatic heterocycles. The summed E-state index contributed by atoms with van der Waals surface area (Å²) in [6.07, 6.45) is 0. The summed E-state index contributed by atoms with van der Waals surface area (Å²) in [5, 5.41) is 16.4. The molecule has 2 N–H and O–H groups in total. The van der Waals surface area contributed by atoms with Crippen molar-refractivity contribution in [3.63, 3.8) is 0 Å². The standard InChI is InChI=1S/C3H9BO2.3Y/c1-3(2)4(5)6;;;/h3,5-6H,1-2H3;;;. The predicted octanol–water partition coefficient (Wildman–Crippen LogP) is -0.138. The Balaban J connectivity index is -0.0000000417. The van der Waals surface area contributed by atoms with Crippen molar-refractivity contribution >= 4 is 7.12 Å². The van der Waals surface area contributed by atoms with Gasteiger partial charge in [0, 0.05) is 98.1 Å². The molecular formula is C3H9BO2Y3. The van der Waals surface area contributed by atoms with Crippen LogP contribution < -0.4 is 0 Å². The van der Waals surface area contributed by atoms with Crippen molar-refractivity contribution in [2.45, 2.75) is 19.7 Å². The molecule has 0 aliphatic carbocycles. The van der Waals surface area contributed by atoms with Gasteiger partial charge < -0.3 is 10.0 Å². The molecule has 0 saturated heterocycles. The second-order valence-electron chi connectivity index (χ2n) is 1.66. The first-order valence-electron chi connectivity index (χ1n) is 2.00. The smallest absolute Gasteiger partial charge is 0.427 e. The zero-order valence-corrected chi connectivity index (χ0v) is 14.3. The van der Waals surface area contributed by atoms with E-state index in [0.29, 0.717) is 0 Å². The van der Waals surface area contributed by atoms with Crippen LogP contribution in [0.4, 0.5) is 0 Å². The maximum absolute atomic E-state index is 8.19. The molecule has 0 aromatic carbocycles. The fraction of sp³-hybridized carbons (Fsp3) is 1.00. The molecule has 3 radical (unpaired) electrons. The molecule has 0 spiro atoms. The van der Waals surface area contributed by atoms with Gasteiger partial charge in [0.2, 0.25) is 0 Å². The minimum absolute atomic E-state index is 0. The zero-order valence-electron chi connectivity index (χ0n) is 5.78. The molecule has 0 aliphatic rings. The maximum Gasteiger partial charge on any atom is 0.454 e. The van der Waals surface area contributed by atoms with Gasteiger partial charge >= 0.3 is 7.12 Å². The van der Waals surface area contributed by atoms with E-state index in [1.807, 2.05) is 0 Å². The van der Waals surface area contributed by atoms with Gasteiger partial charge in [-0.05, 0) is 5.82 Å². The number of hydrogen-bond donors (Lipinski definition) is 2. The Hall–Kier alpha value is 3.30. The van der Waals surface area contributed by atoms with Gasteiger partial charge in [0.1, 0.15) is 0 Å². The predicted molar refractivity (Wildman–Crippen MR) is 25.3 cm³/mol. The molecule has 0 amide bonds. The van der Waals surface area contributed by atoms with Gasteiger partial charge in [0.25, 0.3) is 0 Å². The van der Waals surface area contributed by atoms with Crippen LogP contribution in [-0.2, 0) is 98.1 Å². The molecule has 6 heteroatoms. The van der Waals surface area contributed by atoms with Crippen LogP contribution in [-0.4, -0.2) is 17.2 Å². The number of hydrogen-bond acceptors (Lipinski definition) is 2. The van der Waals surface area contributed by atoms with Crippen molar-refractivity contribution < 1.29 is 108 Å². The quantitative estimate of drug-likeness (QED) is 0.644. The van der Waals surface area contributed by atoms with Gasteiger partial charge in [-0.1, -0.05) is 13.8 Å². The fourth-order valence-corrected chi connectivity index (χ4v) is 0. The van der Waals surface area contributed by atoms with Crippen LogP contribution in [0.25, 0.3) is 0 Å². The van der Waals surface area contributed by atoms with Crippen LogP contribution in [0.5, 0.6) is 0 Å². The molecule has 0 atom stereocenters. The normalized spacial score (nSPS) is 6.33. The molecule has 9 heavy (non-hydrogen) atoms. The van der Waals surface area contributed by atoms with Crippen molar-refractivity contribution in [3.05, 3.63) is 0 Å². The minimum Gasteiger partial charge on any atom is -0.427 e. The molecule has 45 valence electrons. The molecule has 2 nitrogen and oxygen atoms in total. The maximum atomic E-state index is 8.19. The summed E-state index contributed by atoms with van der Waals surface area (Å²) in [6, 6.07) is 0. The second kappa shape index (κ2) is 13.9. The molecule has 0 saturated carbocycles. The third-order valence-electron chi connectivity index (χ3n) is 0.596. The van der Waals surface area contributed by atoms with Crippen molar-refractivity contribution in [1.82, 2.24) is 0 Å². The van der Waals surface area contributed by atoms with Gasteiger partial charge in [-0.25, -0.2) is 0 Å². The summed E-state index contributed by atoms with van der Waals surface area (Å²) >= 11 is 0. The Morgan fingerprint density at radius 2 is 1.11 bits per heavy atom. The largest absolute Gasteiger partial charge is 0.454 e. The average molecular weight is 355 g/mol. The van der Waals surface area contributed by atoms with E-state index in [0.717, 1.165) is 0 Å². The van der Waals surface area contributed by atoms with E-state index >= 15 is 0 Å². The van der Waals surface area contributed by atoms with Crippen LogP contribution in [0.1, 0.15) is 13.8 Å². The summed E-state index contributed by atoms with van der Waals surface area (Å²) in [5.74, 6) is -0.0370. The van der Waals surface area contributed by atoms with Crippen molar-refractivity contribution in [3.8, 4) is 0 Å². The van der Waals surface area contributed by atoms with Crippen molar-refractivity contribution in [2.24, 2.45) is 0 Å². The van der Waals surface area contributed by atoms with E-state index in [-0.39, 0.29) is 104 Å². The molecule has 0 bridgehead atoms. The van der Waals surface area contributed by atoms with Crippen LogP contribution in [0.2, 0.25) is 5.82 Å². The SMILES string of the molecule is CC(C)B(O)O.[Y].[Y].[Y].